The summed E-state index contributed by atoms with van der Waals surface area (Å²) in [6.45, 7) is 2.91. The molecule has 0 bridgehead atoms. The quantitative estimate of drug-likeness (QED) is 0.763. The van der Waals surface area contributed by atoms with Crippen LogP contribution in [0.5, 0.6) is 0 Å². The van der Waals surface area contributed by atoms with Crippen LogP contribution in [0.2, 0.25) is 5.02 Å². The average Bonchev–Trinajstić information content (AvgIpc) is 2.44. The SMILES string of the molecule is CCCNC(c1ccc(Cl)cc1)c1cc(Br)ccc1F. The highest BCUT2D eigenvalue weighted by Gasteiger charge is 2.17. The molecule has 106 valence electrons. The maximum Gasteiger partial charge on any atom is 0.128 e. The van der Waals surface area contributed by atoms with Crippen LogP contribution < -0.4 is 5.32 Å². The Morgan fingerprint density at radius 1 is 1.20 bits per heavy atom. The van der Waals surface area contributed by atoms with Gasteiger partial charge in [0.1, 0.15) is 5.82 Å². The molecular weight excluding hydrogens is 341 g/mol. The van der Waals surface area contributed by atoms with E-state index >= 15 is 0 Å². The summed E-state index contributed by atoms with van der Waals surface area (Å²) in [5, 5.41) is 4.06. The van der Waals surface area contributed by atoms with E-state index in [0.717, 1.165) is 23.0 Å². The smallest absolute Gasteiger partial charge is 0.128 e. The van der Waals surface area contributed by atoms with E-state index < -0.39 is 0 Å². The molecule has 0 saturated heterocycles. The molecule has 4 heteroatoms. The summed E-state index contributed by atoms with van der Waals surface area (Å²) in [6.07, 6.45) is 0.986. The van der Waals surface area contributed by atoms with E-state index in [-0.39, 0.29) is 11.9 Å². The second kappa shape index (κ2) is 7.21. The summed E-state index contributed by atoms with van der Waals surface area (Å²) in [5.41, 5.74) is 1.63. The molecule has 0 radical (unpaired) electrons. The lowest BCUT2D eigenvalue weighted by Crippen LogP contribution is -2.24. The standard InChI is InChI=1S/C16H16BrClFN/c1-2-9-20-16(11-3-6-13(18)7-4-11)14-10-12(17)5-8-15(14)19/h3-8,10,16,20H,2,9H2,1H3. The Kier molecular flexibility index (Phi) is 5.58. The van der Waals surface area contributed by atoms with Crippen LogP contribution in [0, 0.1) is 5.82 Å². The molecule has 1 atom stereocenters. The van der Waals surface area contributed by atoms with Crippen molar-refractivity contribution in [1.29, 1.82) is 0 Å². The van der Waals surface area contributed by atoms with Gasteiger partial charge in [-0.2, -0.15) is 0 Å². The first kappa shape index (κ1) is 15.5. The van der Waals surface area contributed by atoms with Crippen molar-refractivity contribution in [3.05, 3.63) is 68.9 Å². The Morgan fingerprint density at radius 2 is 1.90 bits per heavy atom. The van der Waals surface area contributed by atoms with Gasteiger partial charge in [-0.1, -0.05) is 46.6 Å². The lowest BCUT2D eigenvalue weighted by atomic mass is 9.98. The molecule has 2 aromatic rings. The van der Waals surface area contributed by atoms with Crippen molar-refractivity contribution in [2.45, 2.75) is 19.4 Å². The third kappa shape index (κ3) is 3.81. The molecule has 0 saturated carbocycles. The van der Waals surface area contributed by atoms with Gasteiger partial charge in [0.2, 0.25) is 0 Å². The number of rotatable bonds is 5. The summed E-state index contributed by atoms with van der Waals surface area (Å²) in [5.74, 6) is -0.211. The van der Waals surface area contributed by atoms with E-state index in [0.29, 0.717) is 10.6 Å². The molecule has 1 nitrogen and oxygen atoms in total. The molecule has 0 aromatic heterocycles. The second-order valence-corrected chi connectivity index (χ2v) is 5.96. The van der Waals surface area contributed by atoms with Gasteiger partial charge in [-0.3, -0.25) is 0 Å². The molecule has 20 heavy (non-hydrogen) atoms. The predicted molar refractivity (Wildman–Crippen MR) is 85.7 cm³/mol. The molecule has 0 fully saturated rings. The number of halogens is 3. The van der Waals surface area contributed by atoms with Crippen molar-refractivity contribution in [1.82, 2.24) is 5.32 Å². The molecule has 1 unspecified atom stereocenters. The van der Waals surface area contributed by atoms with E-state index in [1.54, 1.807) is 6.07 Å². The topological polar surface area (TPSA) is 12.0 Å². The van der Waals surface area contributed by atoms with Gasteiger partial charge in [0.25, 0.3) is 0 Å². The zero-order valence-electron chi connectivity index (χ0n) is 11.2. The van der Waals surface area contributed by atoms with E-state index in [4.69, 9.17) is 11.6 Å². The Morgan fingerprint density at radius 3 is 2.55 bits per heavy atom. The first-order chi connectivity index (χ1) is 9.61. The Hall–Kier alpha value is -0.900. The zero-order valence-corrected chi connectivity index (χ0v) is 13.5. The highest BCUT2D eigenvalue weighted by Crippen LogP contribution is 2.28. The Balaban J connectivity index is 2.41. The monoisotopic (exact) mass is 355 g/mol. The molecule has 2 rings (SSSR count). The summed E-state index contributed by atoms with van der Waals surface area (Å²) in [4.78, 5) is 0. The van der Waals surface area contributed by atoms with Crippen LogP contribution in [0.1, 0.15) is 30.5 Å². The Bertz CT molecular complexity index is 571. The average molecular weight is 357 g/mol. The van der Waals surface area contributed by atoms with Gasteiger partial charge >= 0.3 is 0 Å². The lowest BCUT2D eigenvalue weighted by molar-refractivity contribution is 0.546. The fraction of sp³-hybridized carbons (Fsp3) is 0.250. The van der Waals surface area contributed by atoms with Crippen molar-refractivity contribution in [2.75, 3.05) is 6.54 Å². The summed E-state index contributed by atoms with van der Waals surface area (Å²) < 4.78 is 15.0. The molecule has 0 aliphatic heterocycles. The van der Waals surface area contributed by atoms with Crippen molar-refractivity contribution in [3.63, 3.8) is 0 Å². The summed E-state index contributed by atoms with van der Waals surface area (Å²) in [7, 11) is 0. The first-order valence-electron chi connectivity index (χ1n) is 6.55. The van der Waals surface area contributed by atoms with Gasteiger partial charge in [-0.25, -0.2) is 4.39 Å². The number of benzene rings is 2. The Labute approximate surface area is 132 Å². The summed E-state index contributed by atoms with van der Waals surface area (Å²) in [6, 6.07) is 12.3. The van der Waals surface area contributed by atoms with E-state index in [2.05, 4.69) is 28.2 Å². The van der Waals surface area contributed by atoms with Crippen molar-refractivity contribution in [3.8, 4) is 0 Å². The molecule has 0 aliphatic rings. The molecule has 0 amide bonds. The largest absolute Gasteiger partial charge is 0.306 e. The highest BCUT2D eigenvalue weighted by molar-refractivity contribution is 9.10. The van der Waals surface area contributed by atoms with E-state index in [1.165, 1.54) is 6.07 Å². The fourth-order valence-corrected chi connectivity index (χ4v) is 2.59. The van der Waals surface area contributed by atoms with Crippen molar-refractivity contribution < 1.29 is 4.39 Å². The maximum atomic E-state index is 14.1. The molecule has 1 N–H and O–H groups in total. The second-order valence-electron chi connectivity index (χ2n) is 4.60. The van der Waals surface area contributed by atoms with E-state index in [9.17, 15) is 4.39 Å². The molecule has 0 spiro atoms. The minimum atomic E-state index is -0.211. The maximum absolute atomic E-state index is 14.1. The van der Waals surface area contributed by atoms with Crippen molar-refractivity contribution >= 4 is 27.5 Å². The van der Waals surface area contributed by atoms with Crippen LogP contribution in [0.3, 0.4) is 0 Å². The zero-order chi connectivity index (χ0) is 14.5. The number of nitrogens with one attached hydrogen (secondary N) is 1. The minimum absolute atomic E-state index is 0.176. The molecule has 2 aromatic carbocycles. The van der Waals surface area contributed by atoms with E-state index in [1.807, 2.05) is 30.3 Å². The van der Waals surface area contributed by atoms with Crippen LogP contribution in [-0.4, -0.2) is 6.54 Å². The molecular formula is C16H16BrClFN. The molecule has 0 aliphatic carbocycles. The van der Waals surface area contributed by atoms with Gasteiger partial charge in [-0.15, -0.1) is 0 Å². The highest BCUT2D eigenvalue weighted by atomic mass is 79.9. The number of hydrogen-bond acceptors (Lipinski definition) is 1. The van der Waals surface area contributed by atoms with Crippen LogP contribution in [0.15, 0.2) is 46.9 Å². The van der Waals surface area contributed by atoms with Crippen LogP contribution >= 0.6 is 27.5 Å². The lowest BCUT2D eigenvalue weighted by Gasteiger charge is -2.20. The van der Waals surface area contributed by atoms with Crippen molar-refractivity contribution in [2.24, 2.45) is 0 Å². The van der Waals surface area contributed by atoms with Crippen LogP contribution in [-0.2, 0) is 0 Å². The van der Waals surface area contributed by atoms with Gasteiger partial charge < -0.3 is 5.32 Å². The predicted octanol–water partition coefficient (Wildman–Crippen LogP) is 5.33. The summed E-state index contributed by atoms with van der Waals surface area (Å²) >= 11 is 9.32. The van der Waals surface area contributed by atoms with Gasteiger partial charge in [-0.05, 0) is 48.9 Å². The van der Waals surface area contributed by atoms with Gasteiger partial charge in [0, 0.05) is 15.1 Å². The normalized spacial score (nSPS) is 12.4. The first-order valence-corrected chi connectivity index (χ1v) is 7.72. The van der Waals surface area contributed by atoms with Crippen LogP contribution in [0.4, 0.5) is 4.39 Å². The van der Waals surface area contributed by atoms with Gasteiger partial charge in [0.15, 0.2) is 0 Å². The third-order valence-corrected chi connectivity index (χ3v) is 3.82. The fourth-order valence-electron chi connectivity index (χ4n) is 2.09. The minimum Gasteiger partial charge on any atom is -0.306 e. The van der Waals surface area contributed by atoms with Gasteiger partial charge in [0.05, 0.1) is 6.04 Å². The number of hydrogen-bond donors (Lipinski definition) is 1. The third-order valence-electron chi connectivity index (χ3n) is 3.07. The molecule has 0 heterocycles. The van der Waals surface area contributed by atoms with Crippen LogP contribution in [0.25, 0.3) is 0 Å².